The van der Waals surface area contributed by atoms with Crippen LogP contribution in [0, 0.1) is 6.92 Å². The molecular formula is C22H25ClN2O3S. The van der Waals surface area contributed by atoms with E-state index in [4.69, 9.17) is 33.3 Å². The number of amides is 1. The Morgan fingerprint density at radius 3 is 2.62 bits per heavy atom. The summed E-state index contributed by atoms with van der Waals surface area (Å²) >= 11 is 11.6. The van der Waals surface area contributed by atoms with Crippen LogP contribution in [0.3, 0.4) is 0 Å². The van der Waals surface area contributed by atoms with Crippen LogP contribution in [0.15, 0.2) is 36.4 Å². The Balaban J connectivity index is 1.67. The minimum absolute atomic E-state index is 0.137. The Hall–Kier alpha value is -2.31. The number of nitrogens with zero attached hydrogens (tertiary/aromatic N) is 1. The minimum atomic E-state index is -0.269. The van der Waals surface area contributed by atoms with Crippen molar-refractivity contribution in [3.8, 4) is 11.5 Å². The van der Waals surface area contributed by atoms with Crippen LogP contribution in [0.25, 0.3) is 0 Å². The van der Waals surface area contributed by atoms with E-state index >= 15 is 0 Å². The topological polar surface area (TPSA) is 50.8 Å². The summed E-state index contributed by atoms with van der Waals surface area (Å²) in [6.07, 6.45) is 2.34. The summed E-state index contributed by atoms with van der Waals surface area (Å²) in [7, 11) is 0. The first-order valence-corrected chi connectivity index (χ1v) is 10.5. The molecule has 1 saturated heterocycles. The Bertz CT molecular complexity index is 898. The van der Waals surface area contributed by atoms with Gasteiger partial charge in [0.15, 0.2) is 18.1 Å². The number of rotatable bonds is 7. The zero-order chi connectivity index (χ0) is 20.8. The van der Waals surface area contributed by atoms with E-state index in [1.165, 1.54) is 12.8 Å². The van der Waals surface area contributed by atoms with Crippen molar-refractivity contribution in [3.63, 3.8) is 0 Å². The maximum Gasteiger partial charge on any atom is 0.262 e. The second-order valence-corrected chi connectivity index (χ2v) is 7.71. The normalized spacial score (nSPS) is 13.3. The average Bonchev–Trinajstić information content (AvgIpc) is 3.24. The van der Waals surface area contributed by atoms with Gasteiger partial charge in [0, 0.05) is 29.4 Å². The lowest BCUT2D eigenvalue weighted by Gasteiger charge is -2.20. The summed E-state index contributed by atoms with van der Waals surface area (Å²) in [4.78, 5) is 15.4. The summed E-state index contributed by atoms with van der Waals surface area (Å²) in [5, 5.41) is 3.39. The fourth-order valence-corrected chi connectivity index (χ4v) is 3.67. The molecule has 1 aliphatic rings. The fourth-order valence-electron chi connectivity index (χ4n) is 3.19. The van der Waals surface area contributed by atoms with E-state index in [9.17, 15) is 4.79 Å². The molecule has 2 aromatic carbocycles. The number of nitrogens with one attached hydrogen (secondary N) is 1. The second kappa shape index (κ2) is 9.94. The van der Waals surface area contributed by atoms with E-state index in [2.05, 4.69) is 10.2 Å². The monoisotopic (exact) mass is 432 g/mol. The highest BCUT2D eigenvalue weighted by molar-refractivity contribution is 7.80. The number of benzene rings is 2. The quantitative estimate of drug-likeness (QED) is 0.634. The number of aryl methyl sites for hydroxylation is 1. The number of carbonyl (C=O) groups excluding carboxylic acids is 1. The molecule has 1 heterocycles. The van der Waals surface area contributed by atoms with Gasteiger partial charge in [-0.3, -0.25) is 4.79 Å². The van der Waals surface area contributed by atoms with E-state index < -0.39 is 0 Å². The summed E-state index contributed by atoms with van der Waals surface area (Å²) in [5.41, 5.74) is 2.52. The standard InChI is InChI=1S/C22H25ClN2O3S/c1-3-27-20-12-16(22(29)25-10-4-5-11-25)7-9-19(20)28-14-21(26)24-18-13-17(23)8-6-15(18)2/h6-9,12-13H,3-5,10-11,14H2,1-2H3,(H,24,26). The molecule has 0 aliphatic carbocycles. The molecule has 0 atom stereocenters. The number of halogens is 1. The van der Waals surface area contributed by atoms with Gasteiger partial charge in [0.05, 0.1) is 6.61 Å². The Morgan fingerprint density at radius 1 is 1.14 bits per heavy atom. The molecule has 1 aliphatic heterocycles. The van der Waals surface area contributed by atoms with Gasteiger partial charge in [-0.1, -0.05) is 29.9 Å². The van der Waals surface area contributed by atoms with E-state index in [0.29, 0.717) is 28.8 Å². The van der Waals surface area contributed by atoms with Crippen LogP contribution in [0.2, 0.25) is 5.02 Å². The fraction of sp³-hybridized carbons (Fsp3) is 0.364. The molecule has 7 heteroatoms. The van der Waals surface area contributed by atoms with Gasteiger partial charge in [0.25, 0.3) is 5.91 Å². The molecule has 0 radical (unpaired) electrons. The number of hydrogen-bond donors (Lipinski definition) is 1. The first kappa shape index (κ1) is 21.4. The van der Waals surface area contributed by atoms with Crippen molar-refractivity contribution in [3.05, 3.63) is 52.5 Å². The van der Waals surface area contributed by atoms with E-state index in [0.717, 1.165) is 29.2 Å². The third-order valence-electron chi connectivity index (χ3n) is 4.72. The molecule has 1 N–H and O–H groups in total. The van der Waals surface area contributed by atoms with Gasteiger partial charge in [0.2, 0.25) is 0 Å². The van der Waals surface area contributed by atoms with Crippen LogP contribution in [0.4, 0.5) is 5.69 Å². The average molecular weight is 433 g/mol. The van der Waals surface area contributed by atoms with Crippen LogP contribution in [0.1, 0.15) is 30.9 Å². The van der Waals surface area contributed by atoms with Gasteiger partial charge >= 0.3 is 0 Å². The number of thiocarbonyl (C=S) groups is 1. The highest BCUT2D eigenvalue weighted by Gasteiger charge is 2.18. The maximum atomic E-state index is 12.3. The molecule has 154 valence electrons. The van der Waals surface area contributed by atoms with E-state index in [1.54, 1.807) is 18.2 Å². The molecule has 3 rings (SSSR count). The van der Waals surface area contributed by atoms with E-state index in [1.807, 2.05) is 32.0 Å². The summed E-state index contributed by atoms with van der Waals surface area (Å²) in [6.45, 7) is 6.15. The largest absolute Gasteiger partial charge is 0.490 e. The van der Waals surface area contributed by atoms with Crippen molar-refractivity contribution in [1.82, 2.24) is 4.90 Å². The van der Waals surface area contributed by atoms with Crippen molar-refractivity contribution in [2.75, 3.05) is 31.6 Å². The highest BCUT2D eigenvalue weighted by atomic mass is 35.5. The molecule has 0 aromatic heterocycles. The van der Waals surface area contributed by atoms with Crippen molar-refractivity contribution in [2.24, 2.45) is 0 Å². The molecule has 0 unspecified atom stereocenters. The molecule has 29 heavy (non-hydrogen) atoms. The van der Waals surface area contributed by atoms with Crippen LogP contribution < -0.4 is 14.8 Å². The molecule has 1 fully saturated rings. The van der Waals surface area contributed by atoms with Gasteiger partial charge in [-0.05, 0) is 62.6 Å². The third-order valence-corrected chi connectivity index (χ3v) is 5.45. The lowest BCUT2D eigenvalue weighted by Crippen LogP contribution is -2.26. The second-order valence-electron chi connectivity index (χ2n) is 6.89. The van der Waals surface area contributed by atoms with E-state index in [-0.39, 0.29) is 12.5 Å². The molecule has 0 bridgehead atoms. The molecule has 2 aromatic rings. The van der Waals surface area contributed by atoms with Crippen LogP contribution in [0.5, 0.6) is 11.5 Å². The van der Waals surface area contributed by atoms with Crippen molar-refractivity contribution in [1.29, 1.82) is 0 Å². The number of hydrogen-bond acceptors (Lipinski definition) is 4. The smallest absolute Gasteiger partial charge is 0.262 e. The molecule has 0 saturated carbocycles. The summed E-state index contributed by atoms with van der Waals surface area (Å²) in [6, 6.07) is 11.0. The summed E-state index contributed by atoms with van der Waals surface area (Å²) in [5.74, 6) is 0.825. The highest BCUT2D eigenvalue weighted by Crippen LogP contribution is 2.30. The zero-order valence-electron chi connectivity index (χ0n) is 16.7. The van der Waals surface area contributed by atoms with Gasteiger partial charge in [-0.2, -0.15) is 0 Å². The van der Waals surface area contributed by atoms with Gasteiger partial charge in [-0.25, -0.2) is 0 Å². The number of carbonyl (C=O) groups is 1. The lowest BCUT2D eigenvalue weighted by atomic mass is 10.2. The third kappa shape index (κ3) is 5.61. The predicted molar refractivity (Wildman–Crippen MR) is 120 cm³/mol. The van der Waals surface area contributed by atoms with Gasteiger partial charge in [0.1, 0.15) is 4.99 Å². The van der Waals surface area contributed by atoms with Crippen LogP contribution in [-0.4, -0.2) is 42.1 Å². The van der Waals surface area contributed by atoms with Crippen LogP contribution in [-0.2, 0) is 4.79 Å². The molecule has 1 amide bonds. The Labute approximate surface area is 181 Å². The number of ether oxygens (including phenoxy) is 2. The van der Waals surface area contributed by atoms with Crippen molar-refractivity contribution >= 4 is 40.4 Å². The Kier molecular flexibility index (Phi) is 7.34. The van der Waals surface area contributed by atoms with Crippen molar-refractivity contribution in [2.45, 2.75) is 26.7 Å². The first-order valence-electron chi connectivity index (χ1n) is 9.73. The lowest BCUT2D eigenvalue weighted by molar-refractivity contribution is -0.118. The van der Waals surface area contributed by atoms with Crippen LogP contribution >= 0.6 is 23.8 Å². The van der Waals surface area contributed by atoms with Gasteiger partial charge in [-0.15, -0.1) is 0 Å². The van der Waals surface area contributed by atoms with Gasteiger partial charge < -0.3 is 19.7 Å². The number of anilines is 1. The minimum Gasteiger partial charge on any atom is -0.490 e. The zero-order valence-corrected chi connectivity index (χ0v) is 18.2. The number of likely N-dealkylation sites (tertiary alicyclic amines) is 1. The predicted octanol–water partition coefficient (Wildman–Crippen LogP) is 4.84. The Morgan fingerprint density at radius 2 is 1.90 bits per heavy atom. The first-order chi connectivity index (χ1) is 14.0. The summed E-state index contributed by atoms with van der Waals surface area (Å²) < 4.78 is 11.5. The molecule has 5 nitrogen and oxygen atoms in total. The van der Waals surface area contributed by atoms with Crippen molar-refractivity contribution < 1.29 is 14.3 Å². The molecule has 0 spiro atoms. The SMILES string of the molecule is CCOc1cc(C(=S)N2CCCC2)ccc1OCC(=O)Nc1cc(Cl)ccc1C. The molecular weight excluding hydrogens is 408 g/mol. The maximum absolute atomic E-state index is 12.3.